The molecule has 0 radical (unpaired) electrons. The van der Waals surface area contributed by atoms with Gasteiger partial charge in [-0.25, -0.2) is 0 Å². The van der Waals surface area contributed by atoms with Crippen LogP contribution in [0.25, 0.3) is 0 Å². The average molecular weight is 425 g/mol. The van der Waals surface area contributed by atoms with Gasteiger partial charge in [0.25, 0.3) is 0 Å². The van der Waals surface area contributed by atoms with Crippen molar-refractivity contribution in [1.29, 1.82) is 0 Å². The number of ether oxygens (including phenoxy) is 1. The summed E-state index contributed by atoms with van der Waals surface area (Å²) in [7, 11) is 0. The smallest absolute Gasteiger partial charge is 0.406 e. The summed E-state index contributed by atoms with van der Waals surface area (Å²) in [5, 5.41) is 0. The highest BCUT2D eigenvalue weighted by atomic mass is 19.4. The fourth-order valence-corrected chi connectivity index (χ4v) is 5.90. The summed E-state index contributed by atoms with van der Waals surface area (Å²) in [6.45, 7) is 0. The molecule has 0 spiro atoms. The molecule has 0 bridgehead atoms. The van der Waals surface area contributed by atoms with Crippen LogP contribution in [0.2, 0.25) is 0 Å². The molecule has 30 heavy (non-hydrogen) atoms. The molecule has 1 aromatic carbocycles. The molecule has 2 fully saturated rings. The minimum atomic E-state index is -4.62. The lowest BCUT2D eigenvalue weighted by Crippen LogP contribution is -2.27. The Bertz CT molecular complexity index is 565. The van der Waals surface area contributed by atoms with Crippen LogP contribution in [0, 0.1) is 17.8 Å². The van der Waals surface area contributed by atoms with Crippen LogP contribution in [0.15, 0.2) is 24.3 Å². The molecule has 3 rings (SSSR count). The molecule has 2 aliphatic rings. The van der Waals surface area contributed by atoms with Gasteiger partial charge < -0.3 is 4.74 Å². The van der Waals surface area contributed by atoms with Crippen LogP contribution in [0.5, 0.6) is 5.75 Å². The maximum atomic E-state index is 12.2. The van der Waals surface area contributed by atoms with Crippen LogP contribution < -0.4 is 4.74 Å². The number of rotatable bonds is 10. The molecule has 1 nitrogen and oxygen atoms in total. The van der Waals surface area contributed by atoms with Crippen LogP contribution in [0.1, 0.15) is 102 Å². The third kappa shape index (κ3) is 8.15. The number of hydrogen-bond acceptors (Lipinski definition) is 1. The first-order valence-electron chi connectivity index (χ1n) is 12.4. The molecule has 0 N–H and O–H groups in total. The minimum absolute atomic E-state index is 0.136. The van der Waals surface area contributed by atoms with Crippen LogP contribution in [0.4, 0.5) is 13.2 Å². The van der Waals surface area contributed by atoms with Gasteiger partial charge in [-0.1, -0.05) is 95.6 Å². The van der Waals surface area contributed by atoms with E-state index in [1.165, 1.54) is 102 Å². The van der Waals surface area contributed by atoms with E-state index in [-0.39, 0.29) is 5.75 Å². The fourth-order valence-electron chi connectivity index (χ4n) is 5.90. The van der Waals surface area contributed by atoms with Crippen molar-refractivity contribution in [2.45, 2.75) is 109 Å². The SMILES string of the molecule is FC(F)(F)Oc1ccc(CCCCCCC(C2CCCCC2)C2CCCCC2)cc1. The first-order chi connectivity index (χ1) is 14.5. The number of aryl methyl sites for hydroxylation is 1. The first-order valence-corrected chi connectivity index (χ1v) is 12.4. The minimum Gasteiger partial charge on any atom is -0.406 e. The van der Waals surface area contributed by atoms with E-state index in [0.29, 0.717) is 0 Å². The average Bonchev–Trinajstić information content (AvgIpc) is 2.74. The van der Waals surface area contributed by atoms with Crippen LogP contribution >= 0.6 is 0 Å². The van der Waals surface area contributed by atoms with Gasteiger partial charge in [0.1, 0.15) is 5.75 Å². The summed E-state index contributed by atoms with van der Waals surface area (Å²) >= 11 is 0. The predicted molar refractivity (Wildman–Crippen MR) is 117 cm³/mol. The second kappa shape index (κ2) is 12.0. The highest BCUT2D eigenvalue weighted by Crippen LogP contribution is 2.42. The number of alkyl halides is 3. The van der Waals surface area contributed by atoms with E-state index in [2.05, 4.69) is 4.74 Å². The van der Waals surface area contributed by atoms with E-state index >= 15 is 0 Å². The van der Waals surface area contributed by atoms with Gasteiger partial charge in [-0.2, -0.15) is 0 Å². The molecular formula is C26H39F3O. The Labute approximate surface area is 180 Å². The van der Waals surface area contributed by atoms with Crippen molar-refractivity contribution in [2.24, 2.45) is 17.8 Å². The molecule has 0 amide bonds. The third-order valence-corrected chi connectivity index (χ3v) is 7.42. The molecule has 0 aromatic heterocycles. The molecule has 0 heterocycles. The van der Waals surface area contributed by atoms with Gasteiger partial charge in [0, 0.05) is 0 Å². The standard InChI is InChI=1S/C26H39F3O/c27-26(28,29)30-24-19-17-21(18-20-24)11-5-1-2-10-16-25(22-12-6-3-7-13-22)23-14-8-4-9-15-23/h17-20,22-23,25H,1-16H2. The fraction of sp³-hybridized carbons (Fsp3) is 0.769. The third-order valence-electron chi connectivity index (χ3n) is 7.42. The van der Waals surface area contributed by atoms with Crippen molar-refractivity contribution in [1.82, 2.24) is 0 Å². The summed E-state index contributed by atoms with van der Waals surface area (Å²) in [6.07, 6.45) is 17.2. The van der Waals surface area contributed by atoms with Gasteiger partial charge in [0.05, 0.1) is 0 Å². The molecule has 2 saturated carbocycles. The van der Waals surface area contributed by atoms with Crippen molar-refractivity contribution >= 4 is 0 Å². The molecular weight excluding hydrogens is 385 g/mol. The van der Waals surface area contributed by atoms with Crippen LogP contribution in [-0.2, 0) is 6.42 Å². The van der Waals surface area contributed by atoms with E-state index in [1.807, 2.05) is 0 Å². The van der Waals surface area contributed by atoms with Crippen molar-refractivity contribution in [3.8, 4) is 5.75 Å². The number of unbranched alkanes of at least 4 members (excludes halogenated alkanes) is 3. The highest BCUT2D eigenvalue weighted by molar-refractivity contribution is 5.27. The number of halogens is 3. The second-order valence-corrected chi connectivity index (χ2v) is 9.60. The molecule has 2 aliphatic carbocycles. The van der Waals surface area contributed by atoms with Crippen molar-refractivity contribution in [2.75, 3.05) is 0 Å². The largest absolute Gasteiger partial charge is 0.573 e. The predicted octanol–water partition coefficient (Wildman–Crippen LogP) is 8.86. The molecule has 0 aliphatic heterocycles. The van der Waals surface area contributed by atoms with Gasteiger partial charge in [-0.05, 0) is 54.7 Å². The quantitative estimate of drug-likeness (QED) is 0.341. The Balaban J connectivity index is 1.35. The lowest BCUT2D eigenvalue weighted by Gasteiger charge is -2.38. The van der Waals surface area contributed by atoms with E-state index < -0.39 is 6.36 Å². The summed E-state index contributed by atoms with van der Waals surface area (Å²) in [5.41, 5.74) is 1.09. The Hall–Kier alpha value is -1.19. The van der Waals surface area contributed by atoms with E-state index in [1.54, 1.807) is 12.1 Å². The normalized spacial score (nSPS) is 19.3. The Morgan fingerprint density at radius 3 is 1.80 bits per heavy atom. The van der Waals surface area contributed by atoms with Crippen molar-refractivity contribution in [3.05, 3.63) is 29.8 Å². The Morgan fingerprint density at radius 2 is 1.27 bits per heavy atom. The zero-order valence-corrected chi connectivity index (χ0v) is 18.4. The molecule has 0 saturated heterocycles. The molecule has 0 unspecified atom stereocenters. The summed E-state index contributed by atoms with van der Waals surface area (Å²) in [6, 6.07) is 6.34. The van der Waals surface area contributed by atoms with Crippen LogP contribution in [-0.4, -0.2) is 6.36 Å². The van der Waals surface area contributed by atoms with E-state index in [4.69, 9.17) is 0 Å². The second-order valence-electron chi connectivity index (χ2n) is 9.60. The van der Waals surface area contributed by atoms with Gasteiger partial charge in [-0.3, -0.25) is 0 Å². The van der Waals surface area contributed by atoms with Gasteiger partial charge in [-0.15, -0.1) is 13.2 Å². The molecule has 4 heteroatoms. The lowest BCUT2D eigenvalue weighted by atomic mass is 9.68. The van der Waals surface area contributed by atoms with E-state index in [9.17, 15) is 13.2 Å². The van der Waals surface area contributed by atoms with Crippen molar-refractivity contribution < 1.29 is 17.9 Å². The maximum Gasteiger partial charge on any atom is 0.573 e. The highest BCUT2D eigenvalue weighted by Gasteiger charge is 2.31. The number of benzene rings is 1. The van der Waals surface area contributed by atoms with Gasteiger partial charge in [0.15, 0.2) is 0 Å². The molecule has 1 aromatic rings. The monoisotopic (exact) mass is 424 g/mol. The first kappa shape index (κ1) is 23.5. The van der Waals surface area contributed by atoms with Crippen LogP contribution in [0.3, 0.4) is 0 Å². The summed E-state index contributed by atoms with van der Waals surface area (Å²) in [5.74, 6) is 2.80. The van der Waals surface area contributed by atoms with Crippen molar-refractivity contribution in [3.63, 3.8) is 0 Å². The van der Waals surface area contributed by atoms with Gasteiger partial charge >= 0.3 is 6.36 Å². The Morgan fingerprint density at radius 1 is 0.733 bits per heavy atom. The molecule has 0 atom stereocenters. The topological polar surface area (TPSA) is 9.23 Å². The Kier molecular flexibility index (Phi) is 9.39. The summed E-state index contributed by atoms with van der Waals surface area (Å²) < 4.78 is 40.6. The number of hydrogen-bond donors (Lipinski definition) is 0. The van der Waals surface area contributed by atoms with Gasteiger partial charge in [0.2, 0.25) is 0 Å². The maximum absolute atomic E-state index is 12.2. The zero-order valence-electron chi connectivity index (χ0n) is 18.4. The zero-order chi connectivity index (χ0) is 21.2. The molecule has 170 valence electrons. The van der Waals surface area contributed by atoms with E-state index in [0.717, 1.165) is 36.2 Å². The summed E-state index contributed by atoms with van der Waals surface area (Å²) in [4.78, 5) is 0. The lowest BCUT2D eigenvalue weighted by molar-refractivity contribution is -0.274.